The van der Waals surface area contributed by atoms with Crippen molar-refractivity contribution in [1.29, 1.82) is 0 Å². The second-order valence-corrected chi connectivity index (χ2v) is 3.95. The van der Waals surface area contributed by atoms with Gasteiger partial charge in [0.1, 0.15) is 22.8 Å². The molecule has 4 heteroatoms. The summed E-state index contributed by atoms with van der Waals surface area (Å²) in [5.74, 6) is 8.21. The number of nitrogens with two attached hydrogens (primary N) is 1. The van der Waals surface area contributed by atoms with Gasteiger partial charge in [0.2, 0.25) is 0 Å². The van der Waals surface area contributed by atoms with Crippen LogP contribution in [-0.4, -0.2) is 27.9 Å². The van der Waals surface area contributed by atoms with Crippen molar-refractivity contribution in [1.82, 2.24) is 0 Å². The molecule has 1 rings (SSSR count). The highest BCUT2D eigenvalue weighted by atomic mass is 16.5. The molecule has 0 spiro atoms. The minimum Gasteiger partial charge on any atom is -0.496 e. The summed E-state index contributed by atoms with van der Waals surface area (Å²) < 4.78 is 15.8. The molecule has 0 aliphatic carbocycles. The van der Waals surface area contributed by atoms with Gasteiger partial charge in [-0.1, -0.05) is 11.8 Å². The Morgan fingerprint density at radius 2 is 1.63 bits per heavy atom. The molecule has 1 aromatic carbocycles. The Balaban J connectivity index is 2.96. The van der Waals surface area contributed by atoms with Gasteiger partial charge in [0, 0.05) is 18.6 Å². The molecule has 19 heavy (non-hydrogen) atoms. The van der Waals surface area contributed by atoms with Gasteiger partial charge in [0.25, 0.3) is 0 Å². The van der Waals surface area contributed by atoms with Crippen LogP contribution in [0.3, 0.4) is 0 Å². The lowest BCUT2D eigenvalue weighted by atomic mass is 10.1. The van der Waals surface area contributed by atoms with Crippen LogP contribution in [-0.2, 0) is 0 Å². The Morgan fingerprint density at radius 1 is 1.00 bits per heavy atom. The van der Waals surface area contributed by atoms with E-state index in [2.05, 4.69) is 11.8 Å². The summed E-state index contributed by atoms with van der Waals surface area (Å²) in [5.41, 5.74) is 6.19. The molecule has 0 aliphatic rings. The fourth-order valence-electron chi connectivity index (χ4n) is 1.64. The van der Waals surface area contributed by atoms with Crippen LogP contribution in [0.2, 0.25) is 0 Å². The van der Waals surface area contributed by atoms with Crippen LogP contribution in [0, 0.1) is 11.8 Å². The monoisotopic (exact) mass is 263 g/mol. The van der Waals surface area contributed by atoms with E-state index >= 15 is 0 Å². The SMILES string of the molecule is COc1cc(OC)c(C#CCCCCN)c(OC)c1. The first kappa shape index (κ1) is 15.2. The van der Waals surface area contributed by atoms with Crippen LogP contribution >= 0.6 is 0 Å². The number of benzene rings is 1. The lowest BCUT2D eigenvalue weighted by Crippen LogP contribution is -1.97. The van der Waals surface area contributed by atoms with Gasteiger partial charge < -0.3 is 19.9 Å². The van der Waals surface area contributed by atoms with E-state index in [1.54, 1.807) is 33.5 Å². The minimum atomic E-state index is 0.655. The lowest BCUT2D eigenvalue weighted by molar-refractivity contribution is 0.374. The molecule has 0 saturated heterocycles. The molecule has 0 amide bonds. The van der Waals surface area contributed by atoms with E-state index in [1.165, 1.54) is 0 Å². The quantitative estimate of drug-likeness (QED) is 0.631. The maximum Gasteiger partial charge on any atom is 0.141 e. The number of hydrogen-bond donors (Lipinski definition) is 1. The van der Waals surface area contributed by atoms with Crippen molar-refractivity contribution in [2.75, 3.05) is 27.9 Å². The van der Waals surface area contributed by atoms with Crippen LogP contribution in [0.1, 0.15) is 24.8 Å². The van der Waals surface area contributed by atoms with Crippen molar-refractivity contribution in [3.05, 3.63) is 17.7 Å². The van der Waals surface area contributed by atoms with Gasteiger partial charge in [-0.25, -0.2) is 0 Å². The fraction of sp³-hybridized carbons (Fsp3) is 0.467. The predicted octanol–water partition coefficient (Wildman–Crippen LogP) is 2.19. The first-order valence-electron chi connectivity index (χ1n) is 6.25. The molecular weight excluding hydrogens is 242 g/mol. The Hall–Kier alpha value is -1.86. The Morgan fingerprint density at radius 3 is 2.11 bits per heavy atom. The smallest absolute Gasteiger partial charge is 0.141 e. The third-order valence-corrected chi connectivity index (χ3v) is 2.68. The summed E-state index contributed by atoms with van der Waals surface area (Å²) in [4.78, 5) is 0. The summed E-state index contributed by atoms with van der Waals surface area (Å²) in [6, 6.07) is 3.60. The van der Waals surface area contributed by atoms with Crippen molar-refractivity contribution in [2.45, 2.75) is 19.3 Å². The highest BCUT2D eigenvalue weighted by molar-refractivity contribution is 5.58. The van der Waals surface area contributed by atoms with Crippen LogP contribution in [0.25, 0.3) is 0 Å². The van der Waals surface area contributed by atoms with Gasteiger partial charge in [0.05, 0.1) is 21.3 Å². The Labute approximate surface area is 114 Å². The third kappa shape index (κ3) is 4.38. The number of methoxy groups -OCH3 is 3. The second kappa shape index (κ2) is 8.28. The topological polar surface area (TPSA) is 53.7 Å². The van der Waals surface area contributed by atoms with Crippen molar-refractivity contribution < 1.29 is 14.2 Å². The van der Waals surface area contributed by atoms with E-state index < -0.39 is 0 Å². The van der Waals surface area contributed by atoms with E-state index in [-0.39, 0.29) is 0 Å². The largest absolute Gasteiger partial charge is 0.496 e. The molecule has 0 heterocycles. The van der Waals surface area contributed by atoms with Crippen LogP contribution < -0.4 is 19.9 Å². The van der Waals surface area contributed by atoms with E-state index in [0.29, 0.717) is 23.8 Å². The van der Waals surface area contributed by atoms with Gasteiger partial charge in [0.15, 0.2) is 0 Å². The summed E-state index contributed by atoms with van der Waals surface area (Å²) >= 11 is 0. The van der Waals surface area contributed by atoms with Crippen molar-refractivity contribution in [3.63, 3.8) is 0 Å². The van der Waals surface area contributed by atoms with Crippen LogP contribution in [0.15, 0.2) is 12.1 Å². The molecule has 104 valence electrons. The summed E-state index contributed by atoms with van der Waals surface area (Å²) in [5, 5.41) is 0. The van der Waals surface area contributed by atoms with E-state index in [9.17, 15) is 0 Å². The maximum absolute atomic E-state index is 5.44. The fourth-order valence-corrected chi connectivity index (χ4v) is 1.64. The Kier molecular flexibility index (Phi) is 6.62. The van der Waals surface area contributed by atoms with Gasteiger partial charge in [-0.2, -0.15) is 0 Å². The molecule has 0 radical (unpaired) electrons. The van der Waals surface area contributed by atoms with E-state index in [4.69, 9.17) is 19.9 Å². The molecule has 0 saturated carbocycles. The van der Waals surface area contributed by atoms with Crippen molar-refractivity contribution >= 4 is 0 Å². The van der Waals surface area contributed by atoms with E-state index in [0.717, 1.165) is 24.8 Å². The zero-order valence-corrected chi connectivity index (χ0v) is 11.8. The predicted molar refractivity (Wildman–Crippen MR) is 75.9 cm³/mol. The zero-order chi connectivity index (χ0) is 14.1. The average molecular weight is 263 g/mol. The highest BCUT2D eigenvalue weighted by Gasteiger charge is 2.10. The number of rotatable bonds is 6. The first-order valence-corrected chi connectivity index (χ1v) is 6.25. The molecule has 0 atom stereocenters. The minimum absolute atomic E-state index is 0.655. The molecule has 0 aliphatic heterocycles. The molecule has 0 aromatic heterocycles. The van der Waals surface area contributed by atoms with Gasteiger partial charge >= 0.3 is 0 Å². The third-order valence-electron chi connectivity index (χ3n) is 2.68. The average Bonchev–Trinajstić information content (AvgIpc) is 2.46. The molecule has 1 aromatic rings. The lowest BCUT2D eigenvalue weighted by Gasteiger charge is -2.11. The number of unbranched alkanes of at least 4 members (excludes halogenated alkanes) is 2. The second-order valence-electron chi connectivity index (χ2n) is 3.95. The highest BCUT2D eigenvalue weighted by Crippen LogP contribution is 2.33. The van der Waals surface area contributed by atoms with Crippen LogP contribution in [0.5, 0.6) is 17.2 Å². The molecule has 0 bridgehead atoms. The van der Waals surface area contributed by atoms with Crippen molar-refractivity contribution in [2.24, 2.45) is 5.73 Å². The number of ether oxygens (including phenoxy) is 3. The molecule has 0 unspecified atom stereocenters. The summed E-state index contributed by atoms with van der Waals surface area (Å²) in [7, 11) is 4.81. The molecular formula is C15H21NO3. The van der Waals surface area contributed by atoms with Gasteiger partial charge in [-0.3, -0.25) is 0 Å². The maximum atomic E-state index is 5.44. The Bertz CT molecular complexity index is 435. The van der Waals surface area contributed by atoms with Gasteiger partial charge in [-0.05, 0) is 19.4 Å². The van der Waals surface area contributed by atoms with E-state index in [1.807, 2.05) is 0 Å². The molecule has 2 N–H and O–H groups in total. The van der Waals surface area contributed by atoms with Gasteiger partial charge in [-0.15, -0.1) is 0 Å². The summed E-state index contributed by atoms with van der Waals surface area (Å²) in [6.07, 6.45) is 2.81. The summed E-state index contributed by atoms with van der Waals surface area (Å²) in [6.45, 7) is 0.705. The zero-order valence-electron chi connectivity index (χ0n) is 11.8. The number of hydrogen-bond acceptors (Lipinski definition) is 4. The normalized spacial score (nSPS) is 9.47. The van der Waals surface area contributed by atoms with Crippen molar-refractivity contribution in [3.8, 4) is 29.1 Å². The molecule has 4 nitrogen and oxygen atoms in total. The van der Waals surface area contributed by atoms with Crippen LogP contribution in [0.4, 0.5) is 0 Å². The molecule has 0 fully saturated rings. The first-order chi connectivity index (χ1) is 9.26. The standard InChI is InChI=1S/C15H21NO3/c1-17-12-10-14(18-2)13(15(11-12)19-3)8-6-4-5-7-9-16/h10-11H,4-5,7,9,16H2,1-3H3.